The highest BCUT2D eigenvalue weighted by Crippen LogP contribution is 2.47. The van der Waals surface area contributed by atoms with Gasteiger partial charge in [0.05, 0.1) is 34.0 Å². The summed E-state index contributed by atoms with van der Waals surface area (Å²) in [6.45, 7) is 11.1. The topological polar surface area (TPSA) is 134 Å². The van der Waals surface area contributed by atoms with E-state index in [9.17, 15) is 24.6 Å². The summed E-state index contributed by atoms with van der Waals surface area (Å²) in [5.74, 6) is 3.99. The molecule has 7 rings (SSSR count). The number of hydrogen-bond acceptors (Lipinski definition) is 7. The maximum absolute atomic E-state index is 12.5. The number of fused-ring (bicyclic) bond motifs is 5. The van der Waals surface area contributed by atoms with Gasteiger partial charge in [-0.05, 0) is 19.1 Å². The average Bonchev–Trinajstić information content (AvgIpc) is 3.43. The molecule has 4 N–H and O–H groups in total. The number of aliphatic carboxylic acids is 1. The minimum absolute atomic E-state index is 0.0549. The summed E-state index contributed by atoms with van der Waals surface area (Å²) in [6, 6.07) is 6.17. The highest BCUT2D eigenvalue weighted by Gasteiger charge is 2.59. The van der Waals surface area contributed by atoms with Gasteiger partial charge < -0.3 is 29.8 Å². The fourth-order valence-corrected chi connectivity index (χ4v) is 8.99. The zero-order chi connectivity index (χ0) is 29.1. The van der Waals surface area contributed by atoms with Gasteiger partial charge in [-0.15, -0.1) is 11.3 Å². The van der Waals surface area contributed by atoms with Crippen LogP contribution < -0.4 is 5.73 Å². The van der Waals surface area contributed by atoms with Crippen molar-refractivity contribution in [2.75, 3.05) is 51.6 Å². The van der Waals surface area contributed by atoms with Crippen LogP contribution in [0.2, 0.25) is 0 Å². The monoisotopic (exact) mass is 597 g/mol. The van der Waals surface area contributed by atoms with Crippen molar-refractivity contribution in [2.45, 2.75) is 36.9 Å². The molecule has 5 aliphatic rings. The lowest BCUT2D eigenvalue weighted by atomic mass is 9.78. The number of aromatic nitrogens is 1. The van der Waals surface area contributed by atoms with Crippen molar-refractivity contribution in [1.29, 1.82) is 0 Å². The third kappa shape index (κ3) is 4.93. The molecular weight excluding hydrogens is 562 g/mol. The number of carboxylic acids is 1. The molecule has 0 spiro atoms. The van der Waals surface area contributed by atoms with Crippen molar-refractivity contribution >= 4 is 51.1 Å². The summed E-state index contributed by atoms with van der Waals surface area (Å²) < 4.78 is 3.92. The summed E-state index contributed by atoms with van der Waals surface area (Å²) in [4.78, 5) is 42.1. The Kier molecular flexibility index (Phi) is 7.15. The van der Waals surface area contributed by atoms with Crippen molar-refractivity contribution in [3.05, 3.63) is 35.0 Å². The Bertz CT molecular complexity index is 1510. The Morgan fingerprint density at radius 1 is 1.22 bits per heavy atom. The van der Waals surface area contributed by atoms with Gasteiger partial charge in [-0.3, -0.25) is 9.59 Å². The fraction of sp³-hybridized carbons (Fsp3) is 0.517. The van der Waals surface area contributed by atoms with Crippen LogP contribution in [0.4, 0.5) is 0 Å². The number of piperazine rings is 3. The third-order valence-electron chi connectivity index (χ3n) is 9.45. The molecule has 4 atom stereocenters. The second-order valence-corrected chi connectivity index (χ2v) is 14.3. The summed E-state index contributed by atoms with van der Waals surface area (Å²) in [5.41, 5.74) is 8.15. The van der Waals surface area contributed by atoms with Gasteiger partial charge in [0.1, 0.15) is 51.5 Å². The Balaban J connectivity index is 1.11. The molecular formula is C29H35N5O5S2+2. The van der Waals surface area contributed by atoms with Gasteiger partial charge >= 0.3 is 5.97 Å². The van der Waals surface area contributed by atoms with Gasteiger partial charge in [0.15, 0.2) is 10.9 Å². The lowest BCUT2D eigenvalue weighted by Gasteiger charge is -2.55. The van der Waals surface area contributed by atoms with Gasteiger partial charge in [-0.1, -0.05) is 36.6 Å². The number of aliphatic hydroxyl groups is 1. The van der Waals surface area contributed by atoms with Crippen molar-refractivity contribution in [1.82, 2.24) is 9.88 Å². The second kappa shape index (κ2) is 10.4. The molecule has 4 saturated heterocycles. The van der Waals surface area contributed by atoms with Gasteiger partial charge in [0, 0.05) is 17.1 Å². The molecule has 10 nitrogen and oxygen atoms in total. The van der Waals surface area contributed by atoms with E-state index < -0.39 is 18.0 Å². The lowest BCUT2D eigenvalue weighted by molar-refractivity contribution is -1.08. The van der Waals surface area contributed by atoms with Crippen LogP contribution in [-0.2, 0) is 20.9 Å². The van der Waals surface area contributed by atoms with Crippen LogP contribution in [0.5, 0.6) is 0 Å². The zero-order valence-corrected chi connectivity index (χ0v) is 24.8. The fourth-order valence-electron chi connectivity index (χ4n) is 7.20. The van der Waals surface area contributed by atoms with Crippen molar-refractivity contribution in [3.8, 4) is 11.8 Å². The van der Waals surface area contributed by atoms with Crippen LogP contribution >= 0.6 is 23.1 Å². The van der Waals surface area contributed by atoms with Crippen LogP contribution in [0.15, 0.2) is 33.8 Å². The number of primary amides is 1. The van der Waals surface area contributed by atoms with Gasteiger partial charge in [-0.25, -0.2) is 9.78 Å². The van der Waals surface area contributed by atoms with Crippen LogP contribution in [0.1, 0.15) is 19.4 Å². The molecule has 0 unspecified atom stereocenters. The van der Waals surface area contributed by atoms with Crippen molar-refractivity contribution < 1.29 is 33.6 Å². The molecule has 2 aromatic rings. The smallest absolute Gasteiger partial charge is 0.353 e. The van der Waals surface area contributed by atoms with E-state index in [2.05, 4.69) is 30.0 Å². The first-order chi connectivity index (χ1) is 19.5. The number of quaternary nitrogens is 2. The van der Waals surface area contributed by atoms with Gasteiger partial charge in [0.25, 0.3) is 5.91 Å². The van der Waals surface area contributed by atoms with E-state index >= 15 is 0 Å². The van der Waals surface area contributed by atoms with E-state index in [0.29, 0.717) is 17.9 Å². The Morgan fingerprint density at radius 3 is 2.54 bits per heavy atom. The number of β-lactam (4-membered cyclic amide) rings is 1. The Hall–Kier alpha value is -2.95. The van der Waals surface area contributed by atoms with Crippen molar-refractivity contribution in [2.24, 2.45) is 17.6 Å². The predicted octanol–water partition coefficient (Wildman–Crippen LogP) is 1.23. The van der Waals surface area contributed by atoms with Gasteiger partial charge in [0.2, 0.25) is 5.91 Å². The van der Waals surface area contributed by atoms with E-state index in [4.69, 9.17) is 10.7 Å². The third-order valence-corrected chi connectivity index (χ3v) is 11.5. The maximum Gasteiger partial charge on any atom is 0.353 e. The van der Waals surface area contributed by atoms with Gasteiger partial charge in [-0.2, -0.15) is 0 Å². The molecule has 2 bridgehead atoms. The second-order valence-electron chi connectivity index (χ2n) is 12.0. The molecule has 0 radical (unpaired) electrons. The maximum atomic E-state index is 12.5. The molecule has 1 aromatic carbocycles. The average molecular weight is 598 g/mol. The van der Waals surface area contributed by atoms with Crippen LogP contribution in [0.25, 0.3) is 10.2 Å². The minimum atomic E-state index is -1.17. The summed E-state index contributed by atoms with van der Waals surface area (Å²) in [6.07, 6.45) is -0.834. The minimum Gasteiger partial charge on any atom is -0.477 e. The largest absolute Gasteiger partial charge is 0.477 e. The molecule has 41 heavy (non-hydrogen) atoms. The molecule has 216 valence electrons. The first kappa shape index (κ1) is 28.2. The van der Waals surface area contributed by atoms with E-state index in [-0.39, 0.29) is 29.5 Å². The summed E-state index contributed by atoms with van der Waals surface area (Å²) in [7, 11) is 0. The number of benzene rings is 1. The number of aliphatic hydroxyl groups excluding tert-OH is 1. The number of carbonyl (C=O) groups is 3. The summed E-state index contributed by atoms with van der Waals surface area (Å²) >= 11 is 3.14. The lowest BCUT2D eigenvalue weighted by Crippen LogP contribution is -2.75. The number of carboxylic acid groups (broad SMARTS) is 1. The van der Waals surface area contributed by atoms with Crippen molar-refractivity contribution in [3.63, 3.8) is 0 Å². The number of thiazole rings is 1. The molecule has 6 heterocycles. The van der Waals surface area contributed by atoms with Crippen LogP contribution in [0, 0.1) is 23.7 Å². The van der Waals surface area contributed by atoms with Crippen LogP contribution in [0.3, 0.4) is 0 Å². The normalized spacial score (nSPS) is 31.0. The number of hydrogen-bond donors (Lipinski definition) is 3. The molecule has 0 aliphatic carbocycles. The van der Waals surface area contributed by atoms with E-state index in [0.717, 1.165) is 69.3 Å². The van der Waals surface area contributed by atoms with E-state index in [1.54, 1.807) is 18.3 Å². The number of thioether (sulfide) groups is 1. The molecule has 4 fully saturated rings. The molecule has 1 aromatic heterocycles. The Labute approximate surface area is 247 Å². The highest BCUT2D eigenvalue weighted by atomic mass is 32.2. The highest BCUT2D eigenvalue weighted by molar-refractivity contribution is 8.01. The Morgan fingerprint density at radius 2 is 1.90 bits per heavy atom. The van der Waals surface area contributed by atoms with E-state index in [1.807, 2.05) is 6.92 Å². The SMILES string of the molecule is C[C@@H](O)[C@H]1C(=O)N2C(C(=O)O)=C(C#CCSc3nc4cc(C[N+]56CC[N+](CC(N)=O)(CC5)CC6)ccc4s3)[C@H](C)[C@H]12. The molecule has 0 saturated carbocycles. The number of amides is 2. The molecule has 2 amide bonds. The first-order valence-electron chi connectivity index (χ1n) is 14.0. The number of rotatable bonds is 8. The number of nitrogens with two attached hydrogens (primary N) is 1. The number of carbonyl (C=O) groups excluding carboxylic acids is 2. The first-order valence-corrected chi connectivity index (χ1v) is 15.8. The van der Waals surface area contributed by atoms with E-state index in [1.165, 1.54) is 22.2 Å². The molecule has 5 aliphatic heterocycles. The summed E-state index contributed by atoms with van der Waals surface area (Å²) in [5, 5.41) is 19.8. The standard InChI is InChI=1S/C29H33N5O5S2/c1-17-20(26(28(38)39)32-25(17)24(18(2)35)27(32)37)4-3-13-40-29-31-21-14-19(5-6-22(21)41-29)15-33-7-10-34(11-8-33,12-9-33)16-23(30)36/h5-6,14,17-18,24-25,35H,7-13,15-16H2,1-2H3,(H-2,30,36,38,39)/p+2/t17-,18+,24+,25+,33?,34?/m0/s1. The number of nitrogens with zero attached hydrogens (tertiary/aromatic N) is 4. The van der Waals surface area contributed by atoms with Crippen LogP contribution in [-0.4, -0.2) is 111 Å². The zero-order valence-electron chi connectivity index (χ0n) is 23.2. The molecule has 12 heteroatoms. The predicted molar refractivity (Wildman–Crippen MR) is 155 cm³/mol. The quantitative estimate of drug-likeness (QED) is 0.180.